The van der Waals surface area contributed by atoms with E-state index in [-0.39, 0.29) is 5.41 Å². The number of hydrogen-bond donors (Lipinski definition) is 0. The number of hydrogen-bond acceptors (Lipinski definition) is 1. The van der Waals surface area contributed by atoms with Gasteiger partial charge in [0.25, 0.3) is 0 Å². The quantitative estimate of drug-likeness (QED) is 0.149. The second kappa shape index (κ2) is 15.6. The van der Waals surface area contributed by atoms with E-state index >= 15 is 0 Å². The van der Waals surface area contributed by atoms with Gasteiger partial charge in [0.15, 0.2) is 0 Å². The monoisotopic (exact) mass is 753 g/mol. The first-order chi connectivity index (χ1) is 28.5. The smallest absolute Gasteiger partial charge is 0.0540 e. The van der Waals surface area contributed by atoms with Crippen LogP contribution in [-0.4, -0.2) is 0 Å². The highest BCUT2D eigenvalue weighted by Crippen LogP contribution is 2.51. The van der Waals surface area contributed by atoms with Crippen molar-refractivity contribution in [1.29, 1.82) is 0 Å². The lowest BCUT2D eigenvalue weighted by Crippen LogP contribution is -2.17. The van der Waals surface area contributed by atoms with E-state index in [1.54, 1.807) is 11.1 Å². The summed E-state index contributed by atoms with van der Waals surface area (Å²) in [5.74, 6) is 1.39. The van der Waals surface area contributed by atoms with Crippen LogP contribution >= 0.6 is 0 Å². The highest BCUT2D eigenvalue weighted by molar-refractivity contribution is 5.91. The van der Waals surface area contributed by atoms with Crippen molar-refractivity contribution in [2.75, 3.05) is 4.90 Å². The average molecular weight is 754 g/mol. The van der Waals surface area contributed by atoms with Crippen LogP contribution in [0.5, 0.6) is 0 Å². The Morgan fingerprint density at radius 3 is 1.62 bits per heavy atom. The Labute approximate surface area is 346 Å². The number of nitrogens with zero attached hydrogens (tertiary/aromatic N) is 1. The number of benzene rings is 7. The summed E-state index contributed by atoms with van der Waals surface area (Å²) in [6, 6.07) is 62.1. The van der Waals surface area contributed by atoms with Gasteiger partial charge in [0.05, 0.1) is 5.69 Å². The number of fused-ring (bicyclic) bond motifs is 3. The van der Waals surface area contributed by atoms with Gasteiger partial charge in [-0.15, -0.1) is 0 Å². The molecule has 7 aromatic rings. The summed E-state index contributed by atoms with van der Waals surface area (Å²) >= 11 is 0. The molecule has 1 nitrogen and oxygen atoms in total. The lowest BCUT2D eigenvalue weighted by molar-refractivity contribution is 0.435. The third-order valence-electron chi connectivity index (χ3n) is 13.8. The predicted octanol–water partition coefficient (Wildman–Crippen LogP) is 16.6. The Morgan fingerprint density at radius 2 is 0.914 bits per heavy atom. The molecule has 2 saturated carbocycles. The summed E-state index contributed by atoms with van der Waals surface area (Å²) in [7, 11) is 0. The topological polar surface area (TPSA) is 3.24 Å². The van der Waals surface area contributed by atoms with E-state index in [1.807, 2.05) is 0 Å². The Hall–Kier alpha value is -5.66. The molecule has 3 aliphatic rings. The zero-order valence-corrected chi connectivity index (χ0v) is 34.3. The van der Waals surface area contributed by atoms with Gasteiger partial charge in [-0.1, -0.05) is 180 Å². The fourth-order valence-electron chi connectivity index (χ4n) is 10.7. The second-order valence-electron chi connectivity index (χ2n) is 17.8. The molecule has 58 heavy (non-hydrogen) atoms. The number of para-hydroxylation sites is 1. The van der Waals surface area contributed by atoms with E-state index in [1.165, 1.54) is 131 Å². The Kier molecular flexibility index (Phi) is 9.86. The molecule has 0 saturated heterocycles. The maximum Gasteiger partial charge on any atom is 0.0540 e. The SMILES string of the molecule is CC1(C)c2ccccc2-c2ccc(N(c3cccc(-c4cccc(-c5cc(C6CCCCC6)cc(C6CCCCC6)c5)c4)c3)c3ccccc3-c3ccccc3)cc21. The lowest BCUT2D eigenvalue weighted by Gasteiger charge is -2.30. The molecule has 3 aliphatic carbocycles. The third kappa shape index (κ3) is 6.89. The molecule has 7 aromatic carbocycles. The third-order valence-corrected chi connectivity index (χ3v) is 13.8. The van der Waals surface area contributed by atoms with E-state index in [4.69, 9.17) is 0 Å². The maximum atomic E-state index is 2.61. The van der Waals surface area contributed by atoms with E-state index in [9.17, 15) is 0 Å². The van der Waals surface area contributed by atoms with Crippen LogP contribution in [0.25, 0.3) is 44.5 Å². The first-order valence-electron chi connectivity index (χ1n) is 22.1. The summed E-state index contributed by atoms with van der Waals surface area (Å²) < 4.78 is 0. The molecule has 0 aromatic heterocycles. The molecule has 1 heteroatoms. The summed E-state index contributed by atoms with van der Waals surface area (Å²) in [6.07, 6.45) is 13.6. The van der Waals surface area contributed by atoms with Crippen molar-refractivity contribution in [3.8, 4) is 44.5 Å². The number of rotatable bonds is 8. The van der Waals surface area contributed by atoms with Gasteiger partial charge in [0.2, 0.25) is 0 Å². The van der Waals surface area contributed by atoms with Gasteiger partial charge in [-0.05, 0) is 135 Å². The van der Waals surface area contributed by atoms with Crippen molar-refractivity contribution < 1.29 is 0 Å². The van der Waals surface area contributed by atoms with Crippen molar-refractivity contribution in [1.82, 2.24) is 0 Å². The van der Waals surface area contributed by atoms with Crippen LogP contribution in [0.3, 0.4) is 0 Å². The van der Waals surface area contributed by atoms with Crippen LogP contribution in [0.4, 0.5) is 17.1 Å². The second-order valence-corrected chi connectivity index (χ2v) is 17.8. The van der Waals surface area contributed by atoms with E-state index < -0.39 is 0 Å². The first kappa shape index (κ1) is 36.7. The molecule has 0 unspecified atom stereocenters. The molecule has 2 fully saturated rings. The lowest BCUT2D eigenvalue weighted by atomic mass is 9.78. The van der Waals surface area contributed by atoms with Crippen LogP contribution in [0.2, 0.25) is 0 Å². The van der Waals surface area contributed by atoms with Crippen LogP contribution in [-0.2, 0) is 5.41 Å². The average Bonchev–Trinajstić information content (AvgIpc) is 3.52. The Balaban J connectivity index is 1.08. The van der Waals surface area contributed by atoms with Gasteiger partial charge in [-0.25, -0.2) is 0 Å². The van der Waals surface area contributed by atoms with Crippen LogP contribution in [0, 0.1) is 0 Å². The minimum atomic E-state index is -0.0972. The van der Waals surface area contributed by atoms with E-state index in [0.29, 0.717) is 11.8 Å². The summed E-state index contributed by atoms with van der Waals surface area (Å²) in [5.41, 5.74) is 19.6. The van der Waals surface area contributed by atoms with Gasteiger partial charge < -0.3 is 4.90 Å². The molecule has 0 bridgehead atoms. The molecule has 0 amide bonds. The zero-order valence-electron chi connectivity index (χ0n) is 34.3. The van der Waals surface area contributed by atoms with Crippen molar-refractivity contribution in [3.63, 3.8) is 0 Å². The van der Waals surface area contributed by atoms with Crippen molar-refractivity contribution in [2.24, 2.45) is 0 Å². The summed E-state index contributed by atoms with van der Waals surface area (Å²) in [5, 5.41) is 0. The molecule has 0 aliphatic heterocycles. The highest BCUT2D eigenvalue weighted by atomic mass is 15.1. The molecule has 288 valence electrons. The molecule has 0 radical (unpaired) electrons. The van der Waals surface area contributed by atoms with Gasteiger partial charge >= 0.3 is 0 Å². The van der Waals surface area contributed by atoms with Crippen molar-refractivity contribution >= 4 is 17.1 Å². The van der Waals surface area contributed by atoms with Crippen LogP contribution in [0.1, 0.15) is 112 Å². The zero-order chi connectivity index (χ0) is 39.1. The fourth-order valence-corrected chi connectivity index (χ4v) is 10.7. The molecule has 0 atom stereocenters. The molecule has 0 heterocycles. The Bertz CT molecular complexity index is 2530. The largest absolute Gasteiger partial charge is 0.310 e. The molecular weight excluding hydrogens is 699 g/mol. The van der Waals surface area contributed by atoms with Gasteiger partial charge in [0.1, 0.15) is 0 Å². The maximum absolute atomic E-state index is 2.61. The molecule has 0 spiro atoms. The summed E-state index contributed by atoms with van der Waals surface area (Å²) in [4.78, 5) is 2.49. The first-order valence-corrected chi connectivity index (χ1v) is 22.1. The normalized spacial score (nSPS) is 16.4. The van der Waals surface area contributed by atoms with Crippen molar-refractivity contribution in [2.45, 2.75) is 95.3 Å². The summed E-state index contributed by atoms with van der Waals surface area (Å²) in [6.45, 7) is 4.75. The van der Waals surface area contributed by atoms with Gasteiger partial charge in [-0.2, -0.15) is 0 Å². The Morgan fingerprint density at radius 1 is 0.379 bits per heavy atom. The molecule has 10 rings (SSSR count). The van der Waals surface area contributed by atoms with Gasteiger partial charge in [0, 0.05) is 22.4 Å². The molecular formula is C57H55N. The fraction of sp³-hybridized carbons (Fsp3) is 0.263. The number of anilines is 3. The van der Waals surface area contributed by atoms with E-state index in [0.717, 1.165) is 5.69 Å². The predicted molar refractivity (Wildman–Crippen MR) is 247 cm³/mol. The standard InChI is InChI=1S/C57H55N/c1-57(2)54-30-14-12-29-52(54)53-33-32-50(39-55(53)57)58(56-31-15-13-28-51(56)42-22-10-5-11-23-42)49-27-17-26-45(38-49)43-24-16-25-44(34-43)48-36-46(40-18-6-3-7-19-40)35-47(37-48)41-20-8-4-9-21-41/h5,10-17,22-41H,3-4,6-9,18-21H2,1-2H3. The van der Waals surface area contributed by atoms with Gasteiger partial charge in [-0.3, -0.25) is 0 Å². The minimum absolute atomic E-state index is 0.0972. The highest BCUT2D eigenvalue weighted by Gasteiger charge is 2.36. The van der Waals surface area contributed by atoms with Crippen molar-refractivity contribution in [3.05, 3.63) is 186 Å². The van der Waals surface area contributed by atoms with Crippen LogP contribution in [0.15, 0.2) is 164 Å². The molecule has 0 N–H and O–H groups in total. The van der Waals surface area contributed by atoms with E-state index in [2.05, 4.69) is 183 Å². The van der Waals surface area contributed by atoms with Crippen LogP contribution < -0.4 is 4.90 Å². The minimum Gasteiger partial charge on any atom is -0.310 e.